The largest absolute Gasteiger partial charge is 0.399 e. The average molecular weight is 422 g/mol. The molecule has 1 amide bonds. The van der Waals surface area contributed by atoms with Crippen LogP contribution in [0.5, 0.6) is 0 Å². The van der Waals surface area contributed by atoms with Gasteiger partial charge in [-0.15, -0.1) is 0 Å². The van der Waals surface area contributed by atoms with Gasteiger partial charge >= 0.3 is 0 Å². The fourth-order valence-corrected chi connectivity index (χ4v) is 3.62. The molecule has 3 aromatic carbocycles. The van der Waals surface area contributed by atoms with Gasteiger partial charge in [0.05, 0.1) is 15.5 Å². The molecular formula is C17H14N2O7S2. The lowest BCUT2D eigenvalue weighted by molar-refractivity contribution is 0.102. The van der Waals surface area contributed by atoms with Gasteiger partial charge in [-0.2, -0.15) is 16.8 Å². The van der Waals surface area contributed by atoms with Gasteiger partial charge in [0.2, 0.25) is 0 Å². The molecule has 0 aliphatic rings. The van der Waals surface area contributed by atoms with Gasteiger partial charge < -0.3 is 11.1 Å². The standard InChI is InChI=1S/C17H14N2O7S2/c18-12-3-1-10(2-4-12)17(20)19-16-9-14(28(24,25)26)8-11-7-13(27(21,22)23)5-6-15(11)16/h1-9H,18H2,(H,19,20)(H,21,22,23)(H,24,25,26). The SMILES string of the molecule is Nc1ccc(C(=O)Nc2cc(S(=O)(=O)O)cc3cc(S(=O)(=O)O)ccc23)cc1. The van der Waals surface area contributed by atoms with E-state index in [2.05, 4.69) is 5.32 Å². The molecule has 146 valence electrons. The summed E-state index contributed by atoms with van der Waals surface area (Å²) in [4.78, 5) is 11.4. The van der Waals surface area contributed by atoms with Crippen molar-refractivity contribution in [2.45, 2.75) is 9.79 Å². The molecule has 0 unspecified atom stereocenters. The van der Waals surface area contributed by atoms with Crippen molar-refractivity contribution in [3.05, 3.63) is 60.2 Å². The number of rotatable bonds is 4. The molecule has 3 aromatic rings. The number of nitrogens with two attached hydrogens (primary N) is 1. The lowest BCUT2D eigenvalue weighted by Crippen LogP contribution is -2.13. The van der Waals surface area contributed by atoms with Crippen LogP contribution in [0.25, 0.3) is 10.8 Å². The van der Waals surface area contributed by atoms with E-state index in [0.29, 0.717) is 11.1 Å². The van der Waals surface area contributed by atoms with E-state index in [-0.39, 0.29) is 16.6 Å². The lowest BCUT2D eigenvalue weighted by Gasteiger charge is -2.12. The van der Waals surface area contributed by atoms with Crippen molar-refractivity contribution >= 4 is 48.3 Å². The van der Waals surface area contributed by atoms with Crippen molar-refractivity contribution in [1.29, 1.82) is 0 Å². The van der Waals surface area contributed by atoms with Crippen LogP contribution in [0.2, 0.25) is 0 Å². The molecule has 0 fully saturated rings. The monoisotopic (exact) mass is 422 g/mol. The van der Waals surface area contributed by atoms with E-state index < -0.39 is 35.9 Å². The van der Waals surface area contributed by atoms with E-state index in [1.165, 1.54) is 30.3 Å². The normalized spacial score (nSPS) is 12.1. The maximum atomic E-state index is 12.5. The van der Waals surface area contributed by atoms with Crippen LogP contribution >= 0.6 is 0 Å². The Morgan fingerprint density at radius 3 is 1.96 bits per heavy atom. The molecular weight excluding hydrogens is 408 g/mol. The topological polar surface area (TPSA) is 164 Å². The van der Waals surface area contributed by atoms with Crippen molar-refractivity contribution in [3.63, 3.8) is 0 Å². The Morgan fingerprint density at radius 1 is 0.821 bits per heavy atom. The smallest absolute Gasteiger partial charge is 0.294 e. The van der Waals surface area contributed by atoms with E-state index in [1.54, 1.807) is 0 Å². The summed E-state index contributed by atoms with van der Waals surface area (Å²) in [5.41, 5.74) is 6.29. The second kappa shape index (κ2) is 6.87. The van der Waals surface area contributed by atoms with Gasteiger partial charge in [0.25, 0.3) is 26.1 Å². The Hall–Kier alpha value is -2.99. The highest BCUT2D eigenvalue weighted by atomic mass is 32.2. The van der Waals surface area contributed by atoms with Gasteiger partial charge in [0.1, 0.15) is 0 Å². The number of nitrogen functional groups attached to an aromatic ring is 1. The predicted octanol–water partition coefficient (Wildman–Crippen LogP) is 2.17. The van der Waals surface area contributed by atoms with E-state index in [4.69, 9.17) is 5.73 Å². The first kappa shape index (κ1) is 19.8. The number of anilines is 2. The quantitative estimate of drug-likeness (QED) is 0.367. The summed E-state index contributed by atoms with van der Waals surface area (Å²) in [6.07, 6.45) is 0. The molecule has 0 aliphatic heterocycles. The molecule has 0 atom stereocenters. The van der Waals surface area contributed by atoms with Crippen LogP contribution in [0, 0.1) is 0 Å². The second-order valence-corrected chi connectivity index (χ2v) is 8.72. The van der Waals surface area contributed by atoms with Crippen LogP contribution in [-0.2, 0) is 20.2 Å². The second-order valence-electron chi connectivity index (χ2n) is 5.88. The van der Waals surface area contributed by atoms with Gasteiger partial charge in [-0.05, 0) is 53.9 Å². The molecule has 5 N–H and O–H groups in total. The summed E-state index contributed by atoms with van der Waals surface area (Å²) < 4.78 is 64.4. The molecule has 0 bridgehead atoms. The van der Waals surface area contributed by atoms with Crippen molar-refractivity contribution in [3.8, 4) is 0 Å². The molecule has 0 saturated carbocycles. The number of carbonyl (C=O) groups is 1. The number of benzene rings is 3. The summed E-state index contributed by atoms with van der Waals surface area (Å²) in [7, 11) is -9.19. The lowest BCUT2D eigenvalue weighted by atomic mass is 10.1. The molecule has 11 heteroatoms. The molecule has 9 nitrogen and oxygen atoms in total. The zero-order valence-electron chi connectivity index (χ0n) is 14.0. The van der Waals surface area contributed by atoms with Gasteiger partial charge in [-0.3, -0.25) is 13.9 Å². The Kier molecular flexibility index (Phi) is 4.85. The summed E-state index contributed by atoms with van der Waals surface area (Å²) in [6.45, 7) is 0. The van der Waals surface area contributed by atoms with E-state index in [9.17, 15) is 30.7 Å². The van der Waals surface area contributed by atoms with Crippen molar-refractivity contribution in [1.82, 2.24) is 0 Å². The Labute approximate surface area is 160 Å². The van der Waals surface area contributed by atoms with Crippen molar-refractivity contribution in [2.75, 3.05) is 11.1 Å². The zero-order chi connectivity index (χ0) is 20.7. The maximum absolute atomic E-state index is 12.5. The third-order valence-electron chi connectivity index (χ3n) is 3.91. The first-order valence-corrected chi connectivity index (χ1v) is 10.5. The van der Waals surface area contributed by atoms with Gasteiger partial charge in [-0.1, -0.05) is 6.07 Å². The van der Waals surface area contributed by atoms with Crippen LogP contribution in [0.1, 0.15) is 10.4 Å². The minimum atomic E-state index is -4.65. The third-order valence-corrected chi connectivity index (χ3v) is 5.60. The zero-order valence-corrected chi connectivity index (χ0v) is 15.7. The van der Waals surface area contributed by atoms with Crippen LogP contribution < -0.4 is 11.1 Å². The highest BCUT2D eigenvalue weighted by molar-refractivity contribution is 7.86. The Bertz CT molecular complexity index is 1290. The summed E-state index contributed by atoms with van der Waals surface area (Å²) in [5, 5.41) is 2.89. The molecule has 0 aliphatic carbocycles. The van der Waals surface area contributed by atoms with Crippen molar-refractivity contribution in [2.24, 2.45) is 0 Å². The number of hydrogen-bond acceptors (Lipinski definition) is 6. The Morgan fingerprint density at radius 2 is 1.39 bits per heavy atom. The summed E-state index contributed by atoms with van der Waals surface area (Å²) in [5.74, 6) is -0.576. The predicted molar refractivity (Wildman–Crippen MR) is 102 cm³/mol. The number of nitrogens with one attached hydrogen (secondary N) is 1. The molecule has 28 heavy (non-hydrogen) atoms. The molecule has 3 rings (SSSR count). The van der Waals surface area contributed by atoms with Gasteiger partial charge in [0.15, 0.2) is 0 Å². The fraction of sp³-hybridized carbons (Fsp3) is 0. The maximum Gasteiger partial charge on any atom is 0.294 e. The third kappa shape index (κ3) is 4.12. The highest BCUT2D eigenvalue weighted by Gasteiger charge is 2.18. The van der Waals surface area contributed by atoms with E-state index >= 15 is 0 Å². The number of carbonyl (C=O) groups excluding carboxylic acids is 1. The van der Waals surface area contributed by atoms with Crippen LogP contribution in [0.15, 0.2) is 64.4 Å². The fourth-order valence-electron chi connectivity index (χ4n) is 2.56. The van der Waals surface area contributed by atoms with Gasteiger partial charge in [0, 0.05) is 16.6 Å². The first-order chi connectivity index (χ1) is 12.9. The number of fused-ring (bicyclic) bond motifs is 1. The minimum Gasteiger partial charge on any atom is -0.399 e. The first-order valence-electron chi connectivity index (χ1n) is 7.65. The molecule has 0 radical (unpaired) electrons. The minimum absolute atomic E-state index is 0.0221. The van der Waals surface area contributed by atoms with Crippen LogP contribution in [0.3, 0.4) is 0 Å². The summed E-state index contributed by atoms with van der Waals surface area (Å²) in [6, 6.07) is 11.5. The van der Waals surface area contributed by atoms with Crippen molar-refractivity contribution < 1.29 is 30.7 Å². The van der Waals surface area contributed by atoms with E-state index in [1.807, 2.05) is 0 Å². The molecule has 0 heterocycles. The molecule has 0 saturated heterocycles. The van der Waals surface area contributed by atoms with Crippen LogP contribution in [-0.4, -0.2) is 31.8 Å². The van der Waals surface area contributed by atoms with Crippen LogP contribution in [0.4, 0.5) is 11.4 Å². The number of hydrogen-bond donors (Lipinski definition) is 4. The molecule has 0 aromatic heterocycles. The van der Waals surface area contributed by atoms with E-state index in [0.717, 1.165) is 24.3 Å². The molecule has 0 spiro atoms. The average Bonchev–Trinajstić information content (AvgIpc) is 2.60. The van der Waals surface area contributed by atoms with Gasteiger partial charge in [-0.25, -0.2) is 0 Å². The number of amides is 1. The Balaban J connectivity index is 2.17. The summed E-state index contributed by atoms with van der Waals surface area (Å²) >= 11 is 0. The highest BCUT2D eigenvalue weighted by Crippen LogP contribution is 2.30.